The molecule has 0 atom stereocenters. The topological polar surface area (TPSA) is 42.4 Å². The maximum Gasteiger partial charge on any atom is 0.129 e. The van der Waals surface area contributed by atoms with Gasteiger partial charge in [0.25, 0.3) is 0 Å². The highest BCUT2D eigenvalue weighted by Crippen LogP contribution is 2.36. The van der Waals surface area contributed by atoms with Crippen molar-refractivity contribution >= 4 is 10.9 Å². The first kappa shape index (κ1) is 14.4. The summed E-state index contributed by atoms with van der Waals surface area (Å²) >= 11 is 0. The van der Waals surface area contributed by atoms with Crippen LogP contribution in [0.3, 0.4) is 0 Å². The average molecular weight is 293 g/mol. The number of rotatable bonds is 3. The number of benzene rings is 2. The molecular weight excluding hydrogens is 274 g/mol. The molecule has 0 aliphatic carbocycles. The molecule has 1 N–H and O–H groups in total. The van der Waals surface area contributed by atoms with E-state index in [0.29, 0.717) is 5.75 Å². The van der Waals surface area contributed by atoms with E-state index in [0.717, 1.165) is 39.8 Å². The van der Waals surface area contributed by atoms with Crippen LogP contribution in [-0.4, -0.2) is 17.2 Å². The van der Waals surface area contributed by atoms with Gasteiger partial charge in [0.1, 0.15) is 11.5 Å². The van der Waals surface area contributed by atoms with Crippen molar-refractivity contribution < 1.29 is 9.84 Å². The summed E-state index contributed by atoms with van der Waals surface area (Å²) in [4.78, 5) is 4.48. The second-order valence-corrected chi connectivity index (χ2v) is 5.41. The number of fused-ring (bicyclic) bond motifs is 1. The Labute approximate surface area is 130 Å². The van der Waals surface area contributed by atoms with Crippen molar-refractivity contribution in [1.29, 1.82) is 0 Å². The van der Waals surface area contributed by atoms with Crippen LogP contribution in [0.15, 0.2) is 42.6 Å². The smallest absolute Gasteiger partial charge is 0.129 e. The van der Waals surface area contributed by atoms with E-state index < -0.39 is 0 Å². The summed E-state index contributed by atoms with van der Waals surface area (Å²) in [7, 11) is 1.68. The van der Waals surface area contributed by atoms with E-state index in [-0.39, 0.29) is 0 Å². The van der Waals surface area contributed by atoms with Crippen LogP contribution in [-0.2, 0) is 6.42 Å². The summed E-state index contributed by atoms with van der Waals surface area (Å²) in [5.74, 6) is 1.11. The Morgan fingerprint density at radius 1 is 1.14 bits per heavy atom. The number of phenols is 1. The molecule has 1 aromatic heterocycles. The third kappa shape index (κ3) is 2.39. The maximum atomic E-state index is 10.00. The highest BCUT2D eigenvalue weighted by atomic mass is 16.5. The number of hydrogen-bond donors (Lipinski definition) is 1. The Bertz CT molecular complexity index is 840. The van der Waals surface area contributed by atoms with E-state index >= 15 is 0 Å². The zero-order chi connectivity index (χ0) is 15.7. The normalized spacial score (nSPS) is 10.9. The highest BCUT2D eigenvalue weighted by Gasteiger charge is 2.12. The van der Waals surface area contributed by atoms with Gasteiger partial charge in [0.15, 0.2) is 0 Å². The molecule has 3 nitrogen and oxygen atoms in total. The Morgan fingerprint density at radius 3 is 2.64 bits per heavy atom. The van der Waals surface area contributed by atoms with Crippen LogP contribution < -0.4 is 4.74 Å². The number of ether oxygens (including phenoxy) is 1. The van der Waals surface area contributed by atoms with Crippen LogP contribution in [0.25, 0.3) is 22.0 Å². The minimum atomic E-state index is 0.298. The molecule has 0 unspecified atom stereocenters. The predicted molar refractivity (Wildman–Crippen MR) is 89.5 cm³/mol. The Hall–Kier alpha value is -2.55. The number of hydrogen-bond acceptors (Lipinski definition) is 3. The fraction of sp³-hybridized carbons (Fsp3) is 0.211. The van der Waals surface area contributed by atoms with Gasteiger partial charge in [-0.15, -0.1) is 0 Å². The SMILES string of the molecule is CCc1cc(OC)c2c(-c3ccc(C)c(O)c3)ccnc2c1. The molecule has 0 aliphatic rings. The van der Waals surface area contributed by atoms with E-state index in [1.54, 1.807) is 19.4 Å². The minimum Gasteiger partial charge on any atom is -0.508 e. The van der Waals surface area contributed by atoms with Crippen LogP contribution in [0, 0.1) is 6.92 Å². The molecule has 0 radical (unpaired) electrons. The summed E-state index contributed by atoms with van der Waals surface area (Å²) in [6.45, 7) is 4.00. The molecule has 0 fully saturated rings. The van der Waals surface area contributed by atoms with Crippen molar-refractivity contribution in [3.05, 3.63) is 53.7 Å². The molecule has 1 heterocycles. The zero-order valence-electron chi connectivity index (χ0n) is 13.1. The number of aromatic hydroxyl groups is 1. The standard InChI is InChI=1S/C19H19NO2/c1-4-13-9-16-19(18(10-13)22-3)15(7-8-20-16)14-6-5-12(2)17(21)11-14/h5-11,21H,4H2,1-3H3. The van der Waals surface area contributed by atoms with Gasteiger partial charge in [-0.25, -0.2) is 0 Å². The fourth-order valence-electron chi connectivity index (χ4n) is 2.69. The number of aryl methyl sites for hydroxylation is 2. The quantitative estimate of drug-likeness (QED) is 0.773. The van der Waals surface area contributed by atoms with Gasteiger partial charge in [0.2, 0.25) is 0 Å². The van der Waals surface area contributed by atoms with Crippen molar-refractivity contribution in [2.24, 2.45) is 0 Å². The summed E-state index contributed by atoms with van der Waals surface area (Å²) in [5.41, 5.74) is 4.94. The number of nitrogens with zero attached hydrogens (tertiary/aromatic N) is 1. The Morgan fingerprint density at radius 2 is 1.95 bits per heavy atom. The van der Waals surface area contributed by atoms with Gasteiger partial charge in [-0.3, -0.25) is 4.98 Å². The van der Waals surface area contributed by atoms with Gasteiger partial charge >= 0.3 is 0 Å². The van der Waals surface area contributed by atoms with Crippen LogP contribution in [0.4, 0.5) is 0 Å². The lowest BCUT2D eigenvalue weighted by Crippen LogP contribution is -1.93. The minimum absolute atomic E-state index is 0.298. The van der Waals surface area contributed by atoms with Crippen LogP contribution >= 0.6 is 0 Å². The summed E-state index contributed by atoms with van der Waals surface area (Å²) in [5, 5.41) is 11.0. The van der Waals surface area contributed by atoms with Crippen molar-refractivity contribution in [3.63, 3.8) is 0 Å². The van der Waals surface area contributed by atoms with Gasteiger partial charge in [-0.2, -0.15) is 0 Å². The van der Waals surface area contributed by atoms with Gasteiger partial charge in [0.05, 0.1) is 18.0 Å². The molecule has 2 aromatic carbocycles. The van der Waals surface area contributed by atoms with Crippen molar-refractivity contribution in [2.75, 3.05) is 7.11 Å². The summed E-state index contributed by atoms with van der Waals surface area (Å²) in [6.07, 6.45) is 2.73. The Balaban J connectivity index is 2.32. The largest absolute Gasteiger partial charge is 0.508 e. The van der Waals surface area contributed by atoms with Crippen molar-refractivity contribution in [2.45, 2.75) is 20.3 Å². The van der Waals surface area contributed by atoms with Crippen LogP contribution in [0.2, 0.25) is 0 Å². The molecule has 0 saturated heterocycles. The first-order valence-corrected chi connectivity index (χ1v) is 7.39. The van der Waals surface area contributed by atoms with E-state index in [1.807, 2.05) is 25.1 Å². The van der Waals surface area contributed by atoms with Crippen LogP contribution in [0.1, 0.15) is 18.1 Å². The maximum absolute atomic E-state index is 10.00. The highest BCUT2D eigenvalue weighted by molar-refractivity contribution is 5.99. The molecule has 0 amide bonds. The first-order valence-electron chi connectivity index (χ1n) is 7.39. The lowest BCUT2D eigenvalue weighted by molar-refractivity contribution is 0.419. The van der Waals surface area contributed by atoms with Crippen molar-refractivity contribution in [3.8, 4) is 22.6 Å². The van der Waals surface area contributed by atoms with E-state index in [2.05, 4.69) is 24.0 Å². The van der Waals surface area contributed by atoms with E-state index in [9.17, 15) is 5.11 Å². The lowest BCUT2D eigenvalue weighted by Gasteiger charge is -2.13. The third-order valence-electron chi connectivity index (χ3n) is 4.01. The van der Waals surface area contributed by atoms with E-state index in [4.69, 9.17) is 4.74 Å². The fourth-order valence-corrected chi connectivity index (χ4v) is 2.69. The molecule has 22 heavy (non-hydrogen) atoms. The lowest BCUT2D eigenvalue weighted by atomic mass is 9.97. The van der Waals surface area contributed by atoms with Crippen LogP contribution in [0.5, 0.6) is 11.5 Å². The monoisotopic (exact) mass is 293 g/mol. The molecule has 0 saturated carbocycles. The van der Waals surface area contributed by atoms with Gasteiger partial charge in [-0.05, 0) is 59.9 Å². The van der Waals surface area contributed by atoms with E-state index in [1.165, 1.54) is 5.56 Å². The Kier molecular flexibility index (Phi) is 3.72. The number of pyridine rings is 1. The average Bonchev–Trinajstić information content (AvgIpc) is 2.55. The third-order valence-corrected chi connectivity index (χ3v) is 4.01. The van der Waals surface area contributed by atoms with Gasteiger partial charge < -0.3 is 9.84 Å². The second kappa shape index (κ2) is 5.68. The molecule has 112 valence electrons. The number of phenolic OH excluding ortho intramolecular Hbond substituents is 1. The predicted octanol–water partition coefficient (Wildman–Crippen LogP) is 4.49. The molecule has 3 rings (SSSR count). The second-order valence-electron chi connectivity index (χ2n) is 5.41. The molecule has 3 aromatic rings. The number of methoxy groups -OCH3 is 1. The molecule has 0 bridgehead atoms. The zero-order valence-corrected chi connectivity index (χ0v) is 13.1. The molecule has 0 spiro atoms. The molecule has 3 heteroatoms. The first-order chi connectivity index (χ1) is 10.6. The van der Waals surface area contributed by atoms with Gasteiger partial charge in [-0.1, -0.05) is 19.1 Å². The van der Waals surface area contributed by atoms with Crippen molar-refractivity contribution in [1.82, 2.24) is 4.98 Å². The molecule has 0 aliphatic heterocycles. The van der Waals surface area contributed by atoms with Gasteiger partial charge in [0, 0.05) is 6.20 Å². The molecular formula is C19H19NO2. The number of aromatic nitrogens is 1. The summed E-state index contributed by atoms with van der Waals surface area (Å²) in [6, 6.07) is 11.8. The summed E-state index contributed by atoms with van der Waals surface area (Å²) < 4.78 is 5.58.